The zero-order valence-electron chi connectivity index (χ0n) is 9.03. The van der Waals surface area contributed by atoms with Crippen molar-refractivity contribution in [1.82, 2.24) is 0 Å². The van der Waals surface area contributed by atoms with E-state index in [4.69, 9.17) is 22.1 Å². The second kappa shape index (κ2) is 6.66. The van der Waals surface area contributed by atoms with Crippen LogP contribution < -0.4 is 5.73 Å². The van der Waals surface area contributed by atoms with Gasteiger partial charge in [0.25, 0.3) is 0 Å². The van der Waals surface area contributed by atoms with Gasteiger partial charge in [0.15, 0.2) is 0 Å². The van der Waals surface area contributed by atoms with Gasteiger partial charge in [-0.1, -0.05) is 11.6 Å². The van der Waals surface area contributed by atoms with Crippen LogP contribution in [0, 0.1) is 0 Å². The fourth-order valence-corrected chi connectivity index (χ4v) is 1.69. The molecule has 0 aliphatic rings. The summed E-state index contributed by atoms with van der Waals surface area (Å²) in [4.78, 5) is 11.5. The van der Waals surface area contributed by atoms with E-state index in [2.05, 4.69) is 0 Å². The Labute approximate surface area is 104 Å². The van der Waals surface area contributed by atoms with E-state index in [1.54, 1.807) is 23.9 Å². The van der Waals surface area contributed by atoms with Crippen LogP contribution in [0.15, 0.2) is 18.2 Å². The van der Waals surface area contributed by atoms with E-state index in [-0.39, 0.29) is 5.97 Å². The highest BCUT2D eigenvalue weighted by atomic mass is 35.5. The van der Waals surface area contributed by atoms with E-state index in [1.165, 1.54) is 6.07 Å². The summed E-state index contributed by atoms with van der Waals surface area (Å²) in [6.07, 6.45) is 2.87. The molecule has 3 nitrogen and oxygen atoms in total. The third-order valence-corrected chi connectivity index (χ3v) is 2.99. The molecule has 2 N–H and O–H groups in total. The van der Waals surface area contributed by atoms with Crippen LogP contribution in [-0.2, 0) is 4.74 Å². The lowest BCUT2D eigenvalue weighted by atomic mass is 10.2. The molecule has 0 amide bonds. The minimum atomic E-state index is -0.358. The van der Waals surface area contributed by atoms with Crippen molar-refractivity contribution in [2.75, 3.05) is 24.3 Å². The van der Waals surface area contributed by atoms with Gasteiger partial charge < -0.3 is 10.5 Å². The number of anilines is 1. The topological polar surface area (TPSA) is 52.3 Å². The molecule has 0 atom stereocenters. The first-order valence-electron chi connectivity index (χ1n) is 4.86. The molecule has 0 radical (unpaired) electrons. The minimum Gasteiger partial charge on any atom is -0.462 e. The molecule has 1 rings (SSSR count). The van der Waals surface area contributed by atoms with Crippen LogP contribution in [0.3, 0.4) is 0 Å². The summed E-state index contributed by atoms with van der Waals surface area (Å²) in [5, 5.41) is 0.374. The molecular formula is C11H14ClNO2S. The molecule has 0 saturated heterocycles. The number of thioether (sulfide) groups is 1. The Bertz CT molecular complexity index is 371. The van der Waals surface area contributed by atoms with Crippen LogP contribution in [0.1, 0.15) is 16.8 Å². The predicted molar refractivity (Wildman–Crippen MR) is 69.1 cm³/mol. The minimum absolute atomic E-state index is 0.358. The smallest absolute Gasteiger partial charge is 0.338 e. The fourth-order valence-electron chi connectivity index (χ4n) is 1.11. The number of carbonyl (C=O) groups excluding carboxylic acids is 1. The Morgan fingerprint density at radius 2 is 2.31 bits per heavy atom. The summed E-state index contributed by atoms with van der Waals surface area (Å²) in [7, 11) is 0. The fraction of sp³-hybridized carbons (Fsp3) is 0.364. The van der Waals surface area contributed by atoms with Gasteiger partial charge in [-0.05, 0) is 36.6 Å². The summed E-state index contributed by atoms with van der Waals surface area (Å²) < 4.78 is 5.07. The van der Waals surface area contributed by atoms with Crippen molar-refractivity contribution >= 4 is 35.0 Å². The molecule has 0 saturated carbocycles. The Balaban J connectivity index is 2.50. The van der Waals surface area contributed by atoms with Gasteiger partial charge >= 0.3 is 5.97 Å². The average molecular weight is 260 g/mol. The number of hydrogen-bond donors (Lipinski definition) is 1. The molecule has 0 heterocycles. The number of halogens is 1. The van der Waals surface area contributed by atoms with Gasteiger partial charge in [0.05, 0.1) is 22.9 Å². The number of nitrogen functional groups attached to an aromatic ring is 1. The van der Waals surface area contributed by atoms with Gasteiger partial charge in [-0.25, -0.2) is 4.79 Å². The number of hydrogen-bond acceptors (Lipinski definition) is 4. The highest BCUT2D eigenvalue weighted by Crippen LogP contribution is 2.20. The molecule has 0 bridgehead atoms. The highest BCUT2D eigenvalue weighted by molar-refractivity contribution is 7.98. The van der Waals surface area contributed by atoms with E-state index < -0.39 is 0 Å². The lowest BCUT2D eigenvalue weighted by Gasteiger charge is -2.05. The molecule has 1 aromatic rings. The number of esters is 1. The van der Waals surface area contributed by atoms with Crippen molar-refractivity contribution in [2.24, 2.45) is 0 Å². The van der Waals surface area contributed by atoms with Gasteiger partial charge in [0.1, 0.15) is 0 Å². The molecule has 16 heavy (non-hydrogen) atoms. The summed E-state index contributed by atoms with van der Waals surface area (Å²) in [5.41, 5.74) is 6.43. The predicted octanol–water partition coefficient (Wildman–Crippen LogP) is 2.83. The molecule has 0 unspecified atom stereocenters. The lowest BCUT2D eigenvalue weighted by Crippen LogP contribution is -2.07. The molecular weight excluding hydrogens is 246 g/mol. The van der Waals surface area contributed by atoms with E-state index in [9.17, 15) is 4.79 Å². The Morgan fingerprint density at radius 1 is 1.56 bits per heavy atom. The second-order valence-electron chi connectivity index (χ2n) is 3.22. The van der Waals surface area contributed by atoms with Gasteiger partial charge in [-0.3, -0.25) is 0 Å². The van der Waals surface area contributed by atoms with Gasteiger partial charge in [-0.15, -0.1) is 0 Å². The molecule has 5 heteroatoms. The summed E-state index contributed by atoms with van der Waals surface area (Å²) in [6, 6.07) is 4.73. The first-order chi connectivity index (χ1) is 7.65. The molecule has 0 spiro atoms. The van der Waals surface area contributed by atoms with Crippen molar-refractivity contribution in [3.05, 3.63) is 28.8 Å². The number of rotatable bonds is 5. The summed E-state index contributed by atoms with van der Waals surface area (Å²) >= 11 is 7.53. The van der Waals surface area contributed by atoms with E-state index in [0.29, 0.717) is 22.9 Å². The normalized spacial score (nSPS) is 10.1. The zero-order valence-corrected chi connectivity index (χ0v) is 10.6. The van der Waals surface area contributed by atoms with Crippen molar-refractivity contribution in [2.45, 2.75) is 6.42 Å². The molecule has 0 fully saturated rings. The molecule has 0 aliphatic heterocycles. The van der Waals surface area contributed by atoms with E-state index >= 15 is 0 Å². The van der Waals surface area contributed by atoms with Crippen molar-refractivity contribution in [1.29, 1.82) is 0 Å². The molecule has 88 valence electrons. The van der Waals surface area contributed by atoms with Gasteiger partial charge in [0.2, 0.25) is 0 Å². The van der Waals surface area contributed by atoms with Gasteiger partial charge in [0, 0.05) is 0 Å². The Kier molecular flexibility index (Phi) is 5.49. The second-order valence-corrected chi connectivity index (χ2v) is 4.61. The van der Waals surface area contributed by atoms with Crippen LogP contribution >= 0.6 is 23.4 Å². The molecule has 0 aromatic heterocycles. The number of carbonyl (C=O) groups is 1. The Hall–Kier alpha value is -0.870. The van der Waals surface area contributed by atoms with Gasteiger partial charge in [-0.2, -0.15) is 11.8 Å². The maximum atomic E-state index is 11.5. The number of benzene rings is 1. The largest absolute Gasteiger partial charge is 0.462 e. The molecule has 0 aliphatic carbocycles. The van der Waals surface area contributed by atoms with Crippen LogP contribution in [-0.4, -0.2) is 24.6 Å². The third-order valence-electron chi connectivity index (χ3n) is 1.96. The van der Waals surface area contributed by atoms with Crippen LogP contribution in [0.5, 0.6) is 0 Å². The van der Waals surface area contributed by atoms with E-state index in [0.717, 1.165) is 12.2 Å². The average Bonchev–Trinajstić information content (AvgIpc) is 2.28. The highest BCUT2D eigenvalue weighted by Gasteiger charge is 2.08. The quantitative estimate of drug-likeness (QED) is 0.502. The van der Waals surface area contributed by atoms with Crippen LogP contribution in [0.25, 0.3) is 0 Å². The van der Waals surface area contributed by atoms with Crippen LogP contribution in [0.2, 0.25) is 5.02 Å². The van der Waals surface area contributed by atoms with E-state index in [1.807, 2.05) is 6.26 Å². The van der Waals surface area contributed by atoms with Crippen molar-refractivity contribution in [3.8, 4) is 0 Å². The van der Waals surface area contributed by atoms with Crippen molar-refractivity contribution in [3.63, 3.8) is 0 Å². The number of nitrogens with two attached hydrogens (primary N) is 1. The molecule has 1 aromatic carbocycles. The monoisotopic (exact) mass is 259 g/mol. The third kappa shape index (κ3) is 3.94. The SMILES string of the molecule is CSCCCOC(=O)c1ccc(N)c(Cl)c1. The summed E-state index contributed by atoms with van der Waals surface area (Å²) in [5.74, 6) is 0.624. The van der Waals surface area contributed by atoms with Crippen molar-refractivity contribution < 1.29 is 9.53 Å². The Morgan fingerprint density at radius 3 is 2.94 bits per heavy atom. The van der Waals surface area contributed by atoms with Crippen LogP contribution in [0.4, 0.5) is 5.69 Å². The first kappa shape index (κ1) is 13.2. The maximum absolute atomic E-state index is 11.5. The zero-order chi connectivity index (χ0) is 12.0. The number of ether oxygens (including phenoxy) is 1. The lowest BCUT2D eigenvalue weighted by molar-refractivity contribution is 0.0506. The maximum Gasteiger partial charge on any atom is 0.338 e. The standard InChI is InChI=1S/C11H14ClNO2S/c1-16-6-2-5-15-11(14)8-3-4-10(13)9(12)7-8/h3-4,7H,2,5-6,13H2,1H3. The first-order valence-corrected chi connectivity index (χ1v) is 6.63. The summed E-state index contributed by atoms with van der Waals surface area (Å²) in [6.45, 7) is 0.432.